The van der Waals surface area contributed by atoms with Crippen LogP contribution in [-0.2, 0) is 11.3 Å². The van der Waals surface area contributed by atoms with Crippen molar-refractivity contribution in [3.63, 3.8) is 0 Å². The van der Waals surface area contributed by atoms with Crippen molar-refractivity contribution in [3.8, 4) is 0 Å². The van der Waals surface area contributed by atoms with E-state index in [9.17, 15) is 4.79 Å². The van der Waals surface area contributed by atoms with Gasteiger partial charge in [-0.3, -0.25) is 0 Å². The number of benzene rings is 2. The molecular formula is C19H21N3O2. The fourth-order valence-corrected chi connectivity index (χ4v) is 2.67. The smallest absolute Gasteiger partial charge is 0.337 e. The molecule has 1 heterocycles. The normalized spacial score (nSPS) is 11.0. The number of carbonyl (C=O) groups is 1. The van der Waals surface area contributed by atoms with Crippen LogP contribution in [0.4, 0.5) is 11.6 Å². The second-order valence-corrected chi connectivity index (χ2v) is 6.13. The number of fused-ring (bicyclic) bond motifs is 1. The molecule has 3 aromatic rings. The Labute approximate surface area is 141 Å². The maximum Gasteiger partial charge on any atom is 0.337 e. The highest BCUT2D eigenvalue weighted by molar-refractivity contribution is 5.94. The summed E-state index contributed by atoms with van der Waals surface area (Å²) in [7, 11) is 1.38. The highest BCUT2D eigenvalue weighted by Gasteiger charge is 2.15. The molecule has 0 bridgehead atoms. The summed E-state index contributed by atoms with van der Waals surface area (Å²) in [5.74, 6) is 0.888. The Balaban J connectivity index is 2.07. The molecule has 5 heteroatoms. The number of nitrogens with one attached hydrogen (secondary N) is 1. The van der Waals surface area contributed by atoms with E-state index >= 15 is 0 Å². The molecule has 0 radical (unpaired) electrons. The Morgan fingerprint density at radius 1 is 1.21 bits per heavy atom. The molecule has 0 aliphatic heterocycles. The van der Waals surface area contributed by atoms with Gasteiger partial charge in [0.25, 0.3) is 0 Å². The molecule has 0 atom stereocenters. The lowest BCUT2D eigenvalue weighted by molar-refractivity contribution is 0.0601. The lowest BCUT2D eigenvalue weighted by atomic mass is 10.2. The van der Waals surface area contributed by atoms with Gasteiger partial charge in [0.05, 0.1) is 23.7 Å². The zero-order valence-corrected chi connectivity index (χ0v) is 14.1. The fraction of sp³-hybridized carbons (Fsp3) is 0.263. The molecule has 0 spiro atoms. The van der Waals surface area contributed by atoms with Gasteiger partial charge in [-0.2, -0.15) is 0 Å². The number of esters is 1. The van der Waals surface area contributed by atoms with Gasteiger partial charge in [0.15, 0.2) is 0 Å². The number of methoxy groups -OCH3 is 1. The molecule has 1 aromatic heterocycles. The van der Waals surface area contributed by atoms with Crippen molar-refractivity contribution >= 4 is 28.6 Å². The SMILES string of the molecule is COC(=O)c1ccc2c(c1)nc(Nc1ccccc1)n2CC(C)C. The number of para-hydroxylation sites is 1. The number of anilines is 2. The van der Waals surface area contributed by atoms with Crippen LogP contribution in [0.3, 0.4) is 0 Å². The Bertz CT molecular complexity index is 854. The quantitative estimate of drug-likeness (QED) is 0.714. The minimum absolute atomic E-state index is 0.354. The summed E-state index contributed by atoms with van der Waals surface area (Å²) in [5.41, 5.74) is 3.25. The van der Waals surface area contributed by atoms with E-state index in [0.29, 0.717) is 11.5 Å². The van der Waals surface area contributed by atoms with Crippen LogP contribution >= 0.6 is 0 Å². The average Bonchev–Trinajstić information content (AvgIpc) is 2.91. The number of nitrogens with zero attached hydrogens (tertiary/aromatic N) is 2. The molecule has 0 aliphatic rings. The van der Waals surface area contributed by atoms with Crippen molar-refractivity contribution in [2.24, 2.45) is 5.92 Å². The summed E-state index contributed by atoms with van der Waals surface area (Å²) >= 11 is 0. The monoisotopic (exact) mass is 323 g/mol. The van der Waals surface area contributed by atoms with Gasteiger partial charge in [-0.15, -0.1) is 0 Å². The van der Waals surface area contributed by atoms with Gasteiger partial charge < -0.3 is 14.6 Å². The van der Waals surface area contributed by atoms with E-state index in [4.69, 9.17) is 4.74 Å². The van der Waals surface area contributed by atoms with Crippen molar-refractivity contribution in [2.75, 3.05) is 12.4 Å². The molecule has 0 amide bonds. The first-order valence-electron chi connectivity index (χ1n) is 7.99. The van der Waals surface area contributed by atoms with Crippen LogP contribution in [0.25, 0.3) is 11.0 Å². The zero-order valence-electron chi connectivity index (χ0n) is 14.1. The van der Waals surface area contributed by atoms with Gasteiger partial charge >= 0.3 is 5.97 Å². The molecule has 24 heavy (non-hydrogen) atoms. The molecule has 0 fully saturated rings. The Morgan fingerprint density at radius 3 is 2.62 bits per heavy atom. The summed E-state index contributed by atoms with van der Waals surface area (Å²) in [6.07, 6.45) is 0. The van der Waals surface area contributed by atoms with Gasteiger partial charge in [0, 0.05) is 12.2 Å². The standard InChI is InChI=1S/C19H21N3O2/c1-13(2)12-22-17-10-9-14(18(23)24-3)11-16(17)21-19(22)20-15-7-5-4-6-8-15/h4-11,13H,12H2,1-3H3,(H,20,21). The molecule has 3 rings (SSSR count). The van der Waals surface area contributed by atoms with Gasteiger partial charge in [-0.25, -0.2) is 9.78 Å². The first-order valence-corrected chi connectivity index (χ1v) is 7.99. The molecule has 5 nitrogen and oxygen atoms in total. The topological polar surface area (TPSA) is 56.1 Å². The predicted octanol–water partition coefficient (Wildman–Crippen LogP) is 4.22. The number of hydrogen-bond acceptors (Lipinski definition) is 4. The lowest BCUT2D eigenvalue weighted by Crippen LogP contribution is -2.08. The van der Waals surface area contributed by atoms with Gasteiger partial charge in [-0.05, 0) is 36.2 Å². The van der Waals surface area contributed by atoms with Gasteiger partial charge in [0.1, 0.15) is 0 Å². The molecule has 1 N–H and O–H groups in total. The number of ether oxygens (including phenoxy) is 1. The van der Waals surface area contributed by atoms with Gasteiger partial charge in [-0.1, -0.05) is 32.0 Å². The number of aromatic nitrogens is 2. The molecular weight excluding hydrogens is 302 g/mol. The maximum atomic E-state index is 11.7. The first kappa shape index (κ1) is 16.1. The van der Waals surface area contributed by atoms with Crippen LogP contribution in [0.15, 0.2) is 48.5 Å². The molecule has 0 unspecified atom stereocenters. The second kappa shape index (κ2) is 6.74. The van der Waals surface area contributed by atoms with Crippen LogP contribution in [0.5, 0.6) is 0 Å². The third-order valence-corrected chi connectivity index (χ3v) is 3.75. The van der Waals surface area contributed by atoms with Crippen molar-refractivity contribution in [3.05, 3.63) is 54.1 Å². The van der Waals surface area contributed by atoms with Crippen LogP contribution < -0.4 is 5.32 Å². The average molecular weight is 323 g/mol. The number of carbonyl (C=O) groups excluding carboxylic acids is 1. The Hall–Kier alpha value is -2.82. The van der Waals surface area contributed by atoms with Crippen molar-refractivity contribution in [1.82, 2.24) is 9.55 Å². The minimum atomic E-state index is -0.354. The Morgan fingerprint density at radius 2 is 1.96 bits per heavy atom. The van der Waals surface area contributed by atoms with Crippen LogP contribution in [0, 0.1) is 5.92 Å². The van der Waals surface area contributed by atoms with Gasteiger partial charge in [0.2, 0.25) is 5.95 Å². The van der Waals surface area contributed by atoms with Crippen molar-refractivity contribution in [2.45, 2.75) is 20.4 Å². The lowest BCUT2D eigenvalue weighted by Gasteiger charge is -2.13. The molecule has 124 valence electrons. The molecule has 0 saturated heterocycles. The van der Waals surface area contributed by atoms with Crippen molar-refractivity contribution in [1.29, 1.82) is 0 Å². The summed E-state index contributed by atoms with van der Waals surface area (Å²) in [5, 5.41) is 3.37. The predicted molar refractivity (Wildman–Crippen MR) is 95.6 cm³/mol. The van der Waals surface area contributed by atoms with E-state index in [2.05, 4.69) is 28.7 Å². The van der Waals surface area contributed by atoms with E-state index in [0.717, 1.165) is 29.2 Å². The zero-order chi connectivity index (χ0) is 17.1. The van der Waals surface area contributed by atoms with E-state index in [1.807, 2.05) is 36.4 Å². The highest BCUT2D eigenvalue weighted by atomic mass is 16.5. The molecule has 0 aliphatic carbocycles. The third-order valence-electron chi connectivity index (χ3n) is 3.75. The molecule has 0 saturated carbocycles. The summed E-state index contributed by atoms with van der Waals surface area (Å²) < 4.78 is 6.94. The Kier molecular flexibility index (Phi) is 4.51. The minimum Gasteiger partial charge on any atom is -0.465 e. The van der Waals surface area contributed by atoms with Crippen molar-refractivity contribution < 1.29 is 9.53 Å². The first-order chi connectivity index (χ1) is 11.6. The largest absolute Gasteiger partial charge is 0.465 e. The summed E-state index contributed by atoms with van der Waals surface area (Å²) in [6, 6.07) is 15.4. The molecule has 2 aromatic carbocycles. The van der Waals surface area contributed by atoms with Crippen LogP contribution in [-0.4, -0.2) is 22.6 Å². The van der Waals surface area contributed by atoms with E-state index in [1.54, 1.807) is 12.1 Å². The van der Waals surface area contributed by atoms with E-state index < -0.39 is 0 Å². The van der Waals surface area contributed by atoms with Crippen LogP contribution in [0.1, 0.15) is 24.2 Å². The number of hydrogen-bond donors (Lipinski definition) is 1. The summed E-state index contributed by atoms with van der Waals surface area (Å²) in [4.78, 5) is 16.4. The third kappa shape index (κ3) is 3.25. The van der Waals surface area contributed by atoms with E-state index in [1.165, 1.54) is 7.11 Å². The fourth-order valence-electron chi connectivity index (χ4n) is 2.67. The maximum absolute atomic E-state index is 11.7. The number of rotatable bonds is 5. The van der Waals surface area contributed by atoms with E-state index in [-0.39, 0.29) is 5.97 Å². The highest BCUT2D eigenvalue weighted by Crippen LogP contribution is 2.25. The second-order valence-electron chi connectivity index (χ2n) is 6.13. The summed E-state index contributed by atoms with van der Waals surface area (Å²) in [6.45, 7) is 5.17. The number of imidazole rings is 1. The van der Waals surface area contributed by atoms with Crippen LogP contribution in [0.2, 0.25) is 0 Å².